The Bertz CT molecular complexity index is 687. The molecule has 1 saturated heterocycles. The minimum absolute atomic E-state index is 0. The van der Waals surface area contributed by atoms with Crippen molar-refractivity contribution >= 4 is 33.4 Å². The summed E-state index contributed by atoms with van der Waals surface area (Å²) in [5, 5.41) is 2.89. The Balaban J connectivity index is 0.00000176. The zero-order valence-electron chi connectivity index (χ0n) is 13.4. The molecule has 1 fully saturated rings. The SMILES string of the molecule is C=[C-]NC(=O)[C-]1CCN(C(=O)c2nc3ccccc3s2)C1.[CH3-].[Y].[Y]. The van der Waals surface area contributed by atoms with Gasteiger partial charge in [-0.15, -0.1) is 11.3 Å². The monoisotopic (exact) mass is 492 g/mol. The Labute approximate surface area is 196 Å². The molecule has 1 aliphatic heterocycles. The number of thiazole rings is 1. The van der Waals surface area contributed by atoms with Gasteiger partial charge in [-0.3, -0.25) is 4.79 Å². The zero-order chi connectivity index (χ0) is 14.8. The molecule has 2 heterocycles. The van der Waals surface area contributed by atoms with E-state index in [-0.39, 0.29) is 84.7 Å². The third-order valence-electron chi connectivity index (χ3n) is 3.35. The number of para-hydroxylation sites is 1. The van der Waals surface area contributed by atoms with Gasteiger partial charge >= 0.3 is 0 Å². The van der Waals surface area contributed by atoms with E-state index in [0.717, 1.165) is 10.2 Å². The van der Waals surface area contributed by atoms with Crippen molar-refractivity contribution in [2.75, 3.05) is 13.1 Å². The van der Waals surface area contributed by atoms with Crippen LogP contribution in [0.3, 0.4) is 0 Å². The Morgan fingerprint density at radius 1 is 1.33 bits per heavy atom. The molecule has 0 aliphatic carbocycles. The molecule has 0 atom stereocenters. The van der Waals surface area contributed by atoms with Crippen LogP contribution in [0.1, 0.15) is 16.2 Å². The van der Waals surface area contributed by atoms with Crippen molar-refractivity contribution in [1.29, 1.82) is 0 Å². The van der Waals surface area contributed by atoms with Crippen LogP contribution in [0.25, 0.3) is 10.2 Å². The van der Waals surface area contributed by atoms with Crippen molar-refractivity contribution in [2.45, 2.75) is 6.42 Å². The topological polar surface area (TPSA) is 62.3 Å². The number of amides is 2. The van der Waals surface area contributed by atoms with Crippen LogP contribution in [-0.4, -0.2) is 34.8 Å². The fraction of sp³-hybridized carbons (Fsp3) is 0.188. The number of nitrogens with zero attached hydrogens (tertiary/aromatic N) is 2. The third kappa shape index (κ3) is 5.18. The van der Waals surface area contributed by atoms with Crippen molar-refractivity contribution in [3.63, 3.8) is 0 Å². The van der Waals surface area contributed by atoms with E-state index in [1.165, 1.54) is 11.3 Å². The standard InChI is InChI=1S/C15H13N3O2S.CH3.2Y/c1-2-16-13(19)10-7-8-18(9-10)15(20)14-17-11-5-3-4-6-12(11)21-14;;;/h3-6H,1,7-9H2,(H,16,19);1H3;;/q-2;-1;;. The number of carbonyl (C=O) groups excluding carboxylic acids is 2. The van der Waals surface area contributed by atoms with Crippen molar-refractivity contribution in [3.05, 3.63) is 55.4 Å². The molecular formula is C16H16N3O2SY2-3. The first-order valence-corrected chi connectivity index (χ1v) is 7.32. The molecule has 0 saturated carbocycles. The molecule has 1 aliphatic rings. The van der Waals surface area contributed by atoms with Gasteiger partial charge in [0.05, 0.1) is 10.2 Å². The predicted molar refractivity (Wildman–Crippen MR) is 86.8 cm³/mol. The fourth-order valence-corrected chi connectivity index (χ4v) is 3.22. The minimum Gasteiger partial charge on any atom is -0.521 e. The van der Waals surface area contributed by atoms with Crippen LogP contribution in [0.5, 0.6) is 0 Å². The third-order valence-corrected chi connectivity index (χ3v) is 4.38. The maximum atomic E-state index is 12.4. The molecule has 1 aromatic heterocycles. The van der Waals surface area contributed by atoms with Gasteiger partial charge in [-0.1, -0.05) is 24.6 Å². The van der Waals surface area contributed by atoms with Gasteiger partial charge in [0, 0.05) is 65.4 Å². The summed E-state index contributed by atoms with van der Waals surface area (Å²) < 4.78 is 0.989. The van der Waals surface area contributed by atoms with E-state index in [2.05, 4.69) is 23.1 Å². The van der Waals surface area contributed by atoms with Crippen LogP contribution < -0.4 is 5.32 Å². The van der Waals surface area contributed by atoms with Gasteiger partial charge in [0.2, 0.25) is 0 Å². The number of hydrogen-bond acceptors (Lipinski definition) is 4. The second-order valence-corrected chi connectivity index (χ2v) is 5.73. The maximum absolute atomic E-state index is 12.4. The first-order chi connectivity index (χ1) is 10.2. The summed E-state index contributed by atoms with van der Waals surface area (Å²) in [6, 6.07) is 7.65. The Kier molecular flexibility index (Phi) is 10.7. The summed E-state index contributed by atoms with van der Waals surface area (Å²) in [5.74, 6) is 0.326. The first kappa shape index (κ1) is 23.9. The van der Waals surface area contributed by atoms with Crippen molar-refractivity contribution in [1.82, 2.24) is 15.2 Å². The van der Waals surface area contributed by atoms with Gasteiger partial charge < -0.3 is 28.4 Å². The van der Waals surface area contributed by atoms with Crippen LogP contribution in [-0.2, 0) is 70.2 Å². The molecule has 2 amide bonds. The molecule has 0 unspecified atom stereocenters. The van der Waals surface area contributed by atoms with E-state index < -0.39 is 0 Å². The van der Waals surface area contributed by atoms with E-state index in [1.807, 2.05) is 24.3 Å². The number of aromatic nitrogens is 1. The average Bonchev–Trinajstić information content (AvgIpc) is 3.13. The van der Waals surface area contributed by atoms with E-state index in [0.29, 0.717) is 30.4 Å². The molecule has 0 spiro atoms. The molecule has 0 bridgehead atoms. The normalized spacial score (nSPS) is 12.7. The number of rotatable bonds is 3. The number of hydrogen-bond donors (Lipinski definition) is 1. The summed E-state index contributed by atoms with van der Waals surface area (Å²) in [5.41, 5.74) is 0.827. The van der Waals surface area contributed by atoms with Crippen LogP contribution in [0, 0.1) is 19.5 Å². The van der Waals surface area contributed by atoms with E-state index in [9.17, 15) is 9.59 Å². The molecule has 8 heteroatoms. The van der Waals surface area contributed by atoms with Gasteiger partial charge in [-0.05, 0) is 18.7 Å². The summed E-state index contributed by atoms with van der Waals surface area (Å²) in [4.78, 5) is 30.1. The zero-order valence-corrected chi connectivity index (χ0v) is 19.9. The molecule has 3 rings (SSSR count). The number of fused-ring (bicyclic) bond motifs is 1. The van der Waals surface area contributed by atoms with Crippen LogP contribution in [0.15, 0.2) is 30.8 Å². The van der Waals surface area contributed by atoms with E-state index >= 15 is 0 Å². The Morgan fingerprint density at radius 2 is 2.04 bits per heavy atom. The first-order valence-electron chi connectivity index (χ1n) is 6.51. The summed E-state index contributed by atoms with van der Waals surface area (Å²) >= 11 is 1.38. The number of likely N-dealkylation sites (tertiary alicyclic amines) is 1. The number of nitrogens with one attached hydrogen (secondary N) is 1. The van der Waals surface area contributed by atoms with Gasteiger partial charge in [-0.2, -0.15) is 19.2 Å². The molecule has 2 radical (unpaired) electrons. The molecule has 2 aromatic rings. The average molecular weight is 492 g/mol. The Hall–Kier alpha value is -0.132. The molecule has 24 heavy (non-hydrogen) atoms. The quantitative estimate of drug-likeness (QED) is 0.529. The number of benzene rings is 1. The fourth-order valence-electron chi connectivity index (χ4n) is 2.28. The van der Waals surface area contributed by atoms with Gasteiger partial charge in [0.25, 0.3) is 5.91 Å². The second kappa shape index (κ2) is 10.8. The van der Waals surface area contributed by atoms with Crippen LogP contribution in [0.4, 0.5) is 0 Å². The largest absolute Gasteiger partial charge is 0.521 e. The predicted octanol–water partition coefficient (Wildman–Crippen LogP) is 2.22. The second-order valence-electron chi connectivity index (χ2n) is 4.70. The van der Waals surface area contributed by atoms with Gasteiger partial charge in [-0.25, -0.2) is 4.98 Å². The molecule has 1 N–H and O–H groups in total. The minimum atomic E-state index is -0.218. The van der Waals surface area contributed by atoms with Crippen LogP contribution in [0.2, 0.25) is 0 Å². The van der Waals surface area contributed by atoms with Gasteiger partial charge in [0.1, 0.15) is 0 Å². The summed E-state index contributed by atoms with van der Waals surface area (Å²) in [7, 11) is 0. The van der Waals surface area contributed by atoms with Gasteiger partial charge in [0.15, 0.2) is 5.01 Å². The van der Waals surface area contributed by atoms with Crippen LogP contribution >= 0.6 is 11.3 Å². The van der Waals surface area contributed by atoms with Crippen molar-refractivity contribution < 1.29 is 75.0 Å². The molecule has 122 valence electrons. The van der Waals surface area contributed by atoms with E-state index in [1.54, 1.807) is 4.90 Å². The molecule has 5 nitrogen and oxygen atoms in total. The molecular weight excluding hydrogens is 476 g/mol. The summed E-state index contributed by atoms with van der Waals surface area (Å²) in [6.45, 7) is 4.21. The van der Waals surface area contributed by atoms with Crippen molar-refractivity contribution in [2.24, 2.45) is 0 Å². The smallest absolute Gasteiger partial charge is 0.280 e. The number of carbonyl (C=O) groups is 2. The Morgan fingerprint density at radius 3 is 2.71 bits per heavy atom. The summed E-state index contributed by atoms with van der Waals surface area (Å²) in [6.07, 6.45) is 2.93. The maximum Gasteiger partial charge on any atom is 0.280 e. The van der Waals surface area contributed by atoms with E-state index in [4.69, 9.17) is 0 Å². The van der Waals surface area contributed by atoms with Crippen molar-refractivity contribution in [3.8, 4) is 0 Å². The molecule has 1 aromatic carbocycles.